The Morgan fingerprint density at radius 3 is 2.43 bits per heavy atom. The van der Waals surface area contributed by atoms with E-state index in [0.29, 0.717) is 41.2 Å². The molecular formula is C23H18ClNO2S. The molecular weight excluding hydrogens is 390 g/mol. The normalized spacial score (nSPS) is 14.5. The third kappa shape index (κ3) is 3.66. The number of nitrogens with zero attached hydrogens (tertiary/aromatic N) is 1. The molecule has 0 radical (unpaired) electrons. The maximum Gasteiger partial charge on any atom is 0.227 e. The summed E-state index contributed by atoms with van der Waals surface area (Å²) in [5, 5.41) is 2.42. The van der Waals surface area contributed by atoms with Crippen molar-refractivity contribution >= 4 is 40.3 Å². The van der Waals surface area contributed by atoms with Gasteiger partial charge < -0.3 is 4.90 Å². The second kappa shape index (κ2) is 8.13. The van der Waals surface area contributed by atoms with Crippen molar-refractivity contribution in [3.05, 3.63) is 98.7 Å². The Morgan fingerprint density at radius 1 is 0.964 bits per heavy atom. The molecule has 0 bridgehead atoms. The Labute approximate surface area is 172 Å². The van der Waals surface area contributed by atoms with E-state index in [-0.39, 0.29) is 11.7 Å². The van der Waals surface area contributed by atoms with Crippen LogP contribution in [0.3, 0.4) is 0 Å². The fraction of sp³-hybridized carbons (Fsp3) is 0.130. The van der Waals surface area contributed by atoms with Gasteiger partial charge in [0, 0.05) is 22.4 Å². The van der Waals surface area contributed by atoms with E-state index in [1.54, 1.807) is 40.5 Å². The summed E-state index contributed by atoms with van der Waals surface area (Å²) in [5.41, 5.74) is 2.66. The molecule has 1 aromatic heterocycles. The molecule has 3 aromatic rings. The fourth-order valence-corrected chi connectivity index (χ4v) is 4.37. The summed E-state index contributed by atoms with van der Waals surface area (Å²) in [6.45, 7) is 0.458. The van der Waals surface area contributed by atoms with E-state index in [4.69, 9.17) is 11.6 Å². The number of amides is 1. The van der Waals surface area contributed by atoms with Crippen molar-refractivity contribution in [3.8, 4) is 0 Å². The number of allylic oxidation sites excluding steroid dienone is 1. The monoisotopic (exact) mass is 407 g/mol. The SMILES string of the molecule is O=C(C1=C(c2ccccc2)N(Cc2cccs2)C(=O)CC1)c1ccccc1Cl. The number of halogens is 1. The molecule has 2 heterocycles. The predicted octanol–water partition coefficient (Wildman–Crippen LogP) is 5.82. The van der Waals surface area contributed by atoms with Crippen molar-refractivity contribution < 1.29 is 9.59 Å². The quantitative estimate of drug-likeness (QED) is 0.500. The molecule has 4 rings (SSSR count). The molecule has 0 N–H and O–H groups in total. The summed E-state index contributed by atoms with van der Waals surface area (Å²) in [7, 11) is 0. The number of hydrogen-bond donors (Lipinski definition) is 0. The van der Waals surface area contributed by atoms with Gasteiger partial charge in [-0.2, -0.15) is 0 Å². The molecule has 0 atom stereocenters. The fourth-order valence-electron chi connectivity index (χ4n) is 3.45. The van der Waals surface area contributed by atoms with Gasteiger partial charge in [-0.05, 0) is 35.6 Å². The molecule has 0 aliphatic carbocycles. The summed E-state index contributed by atoms with van der Waals surface area (Å²) < 4.78 is 0. The van der Waals surface area contributed by atoms with E-state index >= 15 is 0 Å². The van der Waals surface area contributed by atoms with Crippen molar-refractivity contribution in [2.45, 2.75) is 19.4 Å². The van der Waals surface area contributed by atoms with Crippen LogP contribution in [0.2, 0.25) is 5.02 Å². The van der Waals surface area contributed by atoms with E-state index < -0.39 is 0 Å². The lowest BCUT2D eigenvalue weighted by Crippen LogP contribution is -2.34. The third-order valence-corrected chi connectivity index (χ3v) is 5.97. The van der Waals surface area contributed by atoms with Gasteiger partial charge in [0.25, 0.3) is 0 Å². The Balaban J connectivity index is 1.86. The van der Waals surface area contributed by atoms with Gasteiger partial charge in [-0.3, -0.25) is 9.59 Å². The lowest BCUT2D eigenvalue weighted by molar-refractivity contribution is -0.128. The average molecular weight is 408 g/mol. The molecule has 140 valence electrons. The molecule has 2 aromatic carbocycles. The van der Waals surface area contributed by atoms with Crippen molar-refractivity contribution in [1.82, 2.24) is 4.90 Å². The zero-order valence-electron chi connectivity index (χ0n) is 15.1. The molecule has 1 aliphatic heterocycles. The minimum atomic E-state index is -0.117. The largest absolute Gasteiger partial charge is 0.306 e. The van der Waals surface area contributed by atoms with Crippen LogP contribution in [0.15, 0.2) is 77.7 Å². The van der Waals surface area contributed by atoms with Gasteiger partial charge >= 0.3 is 0 Å². The molecule has 5 heteroatoms. The highest BCUT2D eigenvalue weighted by molar-refractivity contribution is 7.09. The van der Waals surface area contributed by atoms with Crippen LogP contribution in [-0.2, 0) is 11.3 Å². The number of ketones is 1. The van der Waals surface area contributed by atoms with Crippen molar-refractivity contribution in [2.75, 3.05) is 0 Å². The first-order valence-electron chi connectivity index (χ1n) is 9.05. The molecule has 0 fully saturated rings. The van der Waals surface area contributed by atoms with Crippen molar-refractivity contribution in [2.24, 2.45) is 0 Å². The van der Waals surface area contributed by atoms with Gasteiger partial charge in [-0.25, -0.2) is 0 Å². The maximum atomic E-state index is 13.4. The lowest BCUT2D eigenvalue weighted by Gasteiger charge is -2.32. The third-order valence-electron chi connectivity index (χ3n) is 4.78. The van der Waals surface area contributed by atoms with Crippen molar-refractivity contribution in [1.29, 1.82) is 0 Å². The highest BCUT2D eigenvalue weighted by Crippen LogP contribution is 2.35. The minimum Gasteiger partial charge on any atom is -0.306 e. The standard InChI is InChI=1S/C23H18ClNO2S/c24-20-11-5-4-10-18(20)23(27)19-12-13-21(26)25(15-17-9-6-14-28-17)22(19)16-7-2-1-3-8-16/h1-11,14H,12-13,15H2. The van der Waals surface area contributed by atoms with Gasteiger partial charge in [-0.15, -0.1) is 11.3 Å². The van der Waals surface area contributed by atoms with Crippen molar-refractivity contribution in [3.63, 3.8) is 0 Å². The van der Waals surface area contributed by atoms with Gasteiger partial charge in [0.15, 0.2) is 5.78 Å². The van der Waals surface area contributed by atoms with Crippen LogP contribution in [0.5, 0.6) is 0 Å². The van der Waals surface area contributed by atoms with Gasteiger partial charge in [0.05, 0.1) is 17.3 Å². The number of carbonyl (C=O) groups excluding carboxylic acids is 2. The number of benzene rings is 2. The number of carbonyl (C=O) groups is 2. The average Bonchev–Trinajstić information content (AvgIpc) is 3.23. The molecule has 0 saturated heterocycles. The van der Waals surface area contributed by atoms with Crippen LogP contribution in [0.1, 0.15) is 33.6 Å². The molecule has 1 amide bonds. The summed E-state index contributed by atoms with van der Waals surface area (Å²) in [4.78, 5) is 29.0. The molecule has 28 heavy (non-hydrogen) atoms. The molecule has 0 spiro atoms. The lowest BCUT2D eigenvalue weighted by atomic mass is 9.90. The maximum absolute atomic E-state index is 13.4. The highest BCUT2D eigenvalue weighted by atomic mass is 35.5. The zero-order valence-corrected chi connectivity index (χ0v) is 16.7. The molecule has 1 aliphatic rings. The highest BCUT2D eigenvalue weighted by Gasteiger charge is 2.32. The van der Waals surface area contributed by atoms with E-state index in [1.807, 2.05) is 47.8 Å². The molecule has 0 unspecified atom stereocenters. The van der Waals surface area contributed by atoms with Gasteiger partial charge in [0.2, 0.25) is 5.91 Å². The van der Waals surface area contributed by atoms with E-state index in [1.165, 1.54) is 0 Å². The van der Waals surface area contributed by atoms with Crippen LogP contribution in [0.4, 0.5) is 0 Å². The first-order chi connectivity index (χ1) is 13.6. The Kier molecular flexibility index (Phi) is 5.42. The second-order valence-corrected chi connectivity index (χ2v) is 8.00. The first-order valence-corrected chi connectivity index (χ1v) is 10.3. The van der Waals surface area contributed by atoms with Gasteiger partial charge in [-0.1, -0.05) is 60.1 Å². The van der Waals surface area contributed by atoms with Crippen LogP contribution in [-0.4, -0.2) is 16.6 Å². The van der Waals surface area contributed by atoms with Crippen LogP contribution < -0.4 is 0 Å². The Bertz CT molecular complexity index is 1040. The number of Topliss-reactive ketones (excluding diaryl/α,β-unsaturated/α-hetero) is 1. The molecule has 0 saturated carbocycles. The van der Waals surface area contributed by atoms with E-state index in [0.717, 1.165) is 10.4 Å². The first kappa shape index (κ1) is 18.7. The van der Waals surface area contributed by atoms with E-state index in [9.17, 15) is 9.59 Å². The topological polar surface area (TPSA) is 37.4 Å². The minimum absolute atomic E-state index is 0.0305. The summed E-state index contributed by atoms with van der Waals surface area (Å²) >= 11 is 7.89. The van der Waals surface area contributed by atoms with Crippen LogP contribution in [0.25, 0.3) is 5.70 Å². The smallest absolute Gasteiger partial charge is 0.227 e. The van der Waals surface area contributed by atoms with Crippen LogP contribution >= 0.6 is 22.9 Å². The summed E-state index contributed by atoms with van der Waals surface area (Å²) in [6, 6.07) is 20.7. The zero-order chi connectivity index (χ0) is 19.5. The number of hydrogen-bond acceptors (Lipinski definition) is 3. The Morgan fingerprint density at radius 2 is 1.71 bits per heavy atom. The summed E-state index contributed by atoms with van der Waals surface area (Å²) in [5.74, 6) is -0.0869. The van der Waals surface area contributed by atoms with Gasteiger partial charge in [0.1, 0.15) is 0 Å². The molecule has 3 nitrogen and oxygen atoms in total. The Hall–Kier alpha value is -2.69. The number of rotatable bonds is 5. The van der Waals surface area contributed by atoms with E-state index in [2.05, 4.69) is 0 Å². The second-order valence-electron chi connectivity index (χ2n) is 6.56. The number of thiophene rings is 1. The predicted molar refractivity (Wildman–Crippen MR) is 113 cm³/mol. The summed E-state index contributed by atoms with van der Waals surface area (Å²) in [6.07, 6.45) is 0.724. The van der Waals surface area contributed by atoms with Crippen LogP contribution in [0, 0.1) is 0 Å².